The maximum absolute atomic E-state index is 14.7. The Balaban J connectivity index is 1.17. The maximum Gasteiger partial charge on any atom is 0.327 e. The van der Waals surface area contributed by atoms with Gasteiger partial charge in [0, 0.05) is 45.9 Å². The van der Waals surface area contributed by atoms with Gasteiger partial charge in [-0.25, -0.2) is 0 Å². The summed E-state index contributed by atoms with van der Waals surface area (Å²) in [4.78, 5) is 61.4. The van der Waals surface area contributed by atoms with Crippen LogP contribution >= 0.6 is 0 Å². The zero-order valence-corrected chi connectivity index (χ0v) is 30.2. The van der Waals surface area contributed by atoms with Crippen molar-refractivity contribution in [3.8, 4) is 0 Å². The molecule has 52 heavy (non-hydrogen) atoms. The first-order valence-corrected chi connectivity index (χ1v) is 17.9. The van der Waals surface area contributed by atoms with E-state index in [0.717, 1.165) is 22.3 Å². The number of hydrogen-bond donors (Lipinski definition) is 2. The summed E-state index contributed by atoms with van der Waals surface area (Å²) < 4.78 is 25.0. The predicted molar refractivity (Wildman–Crippen MR) is 186 cm³/mol. The molecule has 0 aromatic heterocycles. The van der Waals surface area contributed by atoms with Crippen molar-refractivity contribution >= 4 is 29.8 Å². The lowest BCUT2D eigenvalue weighted by molar-refractivity contribution is -0.217. The fourth-order valence-corrected chi connectivity index (χ4v) is 8.20. The molecule has 0 unspecified atom stereocenters. The first kappa shape index (κ1) is 36.2. The van der Waals surface area contributed by atoms with E-state index in [0.29, 0.717) is 12.8 Å². The number of aliphatic hydroxyl groups is 1. The van der Waals surface area contributed by atoms with E-state index in [1.165, 1.54) is 16.0 Å². The van der Waals surface area contributed by atoms with Crippen LogP contribution in [0.5, 0.6) is 0 Å². The van der Waals surface area contributed by atoms with Gasteiger partial charge in [-0.2, -0.15) is 5.06 Å². The number of nitrogens with one attached hydrogen (secondary N) is 1. The van der Waals surface area contributed by atoms with Crippen LogP contribution < -0.4 is 5.32 Å². The monoisotopic (exact) mass is 717 g/mol. The number of carbonyl (C=O) groups is 4. The highest BCUT2D eigenvalue weighted by Gasteiger charge is 2.76. The normalized spacial score (nSPS) is 29.0. The second-order valence-corrected chi connectivity index (χ2v) is 15.7. The Labute approximate surface area is 303 Å². The van der Waals surface area contributed by atoms with E-state index >= 15 is 0 Å². The van der Waals surface area contributed by atoms with E-state index in [2.05, 4.69) is 5.32 Å². The summed E-state index contributed by atoms with van der Waals surface area (Å²) in [6.07, 6.45) is 1.37. The summed E-state index contributed by atoms with van der Waals surface area (Å²) in [5, 5.41) is 14.8. The molecule has 13 heteroatoms. The van der Waals surface area contributed by atoms with Gasteiger partial charge in [-0.05, 0) is 55.5 Å². The van der Waals surface area contributed by atoms with Crippen LogP contribution in [0.25, 0.3) is 6.08 Å². The lowest BCUT2D eigenvalue weighted by Gasteiger charge is -2.49. The number of esters is 2. The van der Waals surface area contributed by atoms with Gasteiger partial charge in [-0.3, -0.25) is 24.0 Å². The molecule has 1 saturated carbocycles. The number of rotatable bonds is 10. The number of aliphatic hydroxyl groups excluding tert-OH is 1. The van der Waals surface area contributed by atoms with Gasteiger partial charge in [-0.15, -0.1) is 0 Å². The van der Waals surface area contributed by atoms with Gasteiger partial charge in [0.05, 0.1) is 19.2 Å². The van der Waals surface area contributed by atoms with Gasteiger partial charge >= 0.3 is 11.9 Å². The topological polar surface area (TPSA) is 153 Å². The lowest BCUT2D eigenvalue weighted by Crippen LogP contribution is -2.70. The number of likely N-dealkylation sites (N-methyl/N-ethyl adjacent to an activating group) is 1. The average Bonchev–Trinajstić information content (AvgIpc) is 3.76. The zero-order valence-electron chi connectivity index (χ0n) is 30.2. The van der Waals surface area contributed by atoms with Crippen molar-refractivity contribution in [2.24, 2.45) is 5.41 Å². The van der Waals surface area contributed by atoms with Crippen molar-refractivity contribution in [2.45, 2.75) is 107 Å². The molecular formula is C39H47N3O10. The first-order valence-electron chi connectivity index (χ1n) is 17.9. The average molecular weight is 718 g/mol. The van der Waals surface area contributed by atoms with Gasteiger partial charge in [0.2, 0.25) is 11.8 Å². The van der Waals surface area contributed by atoms with Crippen LogP contribution in [0.3, 0.4) is 0 Å². The Morgan fingerprint density at radius 2 is 1.73 bits per heavy atom. The quantitative estimate of drug-likeness (QED) is 0.276. The summed E-state index contributed by atoms with van der Waals surface area (Å²) in [5.74, 6) is -2.67. The number of amides is 2. The highest BCUT2D eigenvalue weighted by Crippen LogP contribution is 2.58. The minimum atomic E-state index is -1.45. The summed E-state index contributed by atoms with van der Waals surface area (Å²) in [5.41, 5.74) is 1.72. The van der Waals surface area contributed by atoms with Gasteiger partial charge in [-0.1, -0.05) is 48.5 Å². The Hall–Kier alpha value is -4.14. The summed E-state index contributed by atoms with van der Waals surface area (Å²) >= 11 is 0. The number of fused-ring (bicyclic) bond motifs is 5. The number of nitrogens with zero attached hydrogens (tertiary/aromatic N) is 2. The summed E-state index contributed by atoms with van der Waals surface area (Å²) in [6, 6.07) is 13.6. The predicted octanol–water partition coefficient (Wildman–Crippen LogP) is 2.47. The number of carbonyl (C=O) groups excluding carboxylic acids is 4. The molecule has 7 rings (SSSR count). The summed E-state index contributed by atoms with van der Waals surface area (Å²) in [6.45, 7) is 5.04. The summed E-state index contributed by atoms with van der Waals surface area (Å²) in [7, 11) is 3.36. The minimum absolute atomic E-state index is 0.0187. The van der Waals surface area contributed by atoms with Crippen LogP contribution in [0.4, 0.5) is 0 Å². The van der Waals surface area contributed by atoms with Crippen molar-refractivity contribution in [2.75, 3.05) is 20.7 Å². The first-order chi connectivity index (χ1) is 24.7. The van der Waals surface area contributed by atoms with Crippen LogP contribution in [0.2, 0.25) is 0 Å². The molecule has 2 amide bonds. The third kappa shape index (κ3) is 6.76. The lowest BCUT2D eigenvalue weighted by atomic mass is 9.62. The number of ether oxygens (including phenoxy) is 4. The second-order valence-electron chi connectivity index (χ2n) is 15.7. The molecule has 4 fully saturated rings. The molecule has 13 nitrogen and oxygen atoms in total. The highest BCUT2D eigenvalue weighted by atomic mass is 16.8. The van der Waals surface area contributed by atoms with Gasteiger partial charge in [0.25, 0.3) is 0 Å². The Morgan fingerprint density at radius 1 is 1.06 bits per heavy atom. The van der Waals surface area contributed by atoms with E-state index in [9.17, 15) is 24.3 Å². The molecule has 0 radical (unpaired) electrons. The standard InChI is InChI=1S/C39H47N3O10/c1-37(2,3)49-30(45)17-15-27(22-43)40-36(47)39-20-28-31-32(51-38(50-31)18-25-8-6-7-9-26(25)19-38)34(39)52-42(33(39)35(46)48-28)21-24-12-10-23(11-13-24)14-16-29(44)41(4)5/h6-14,16,27-28,31-34,43H,15,17-22H2,1-5H3,(H,40,47)/t27-,28+,31-,32-,33-,34+,39-/m0/s1. The van der Waals surface area contributed by atoms with Gasteiger partial charge in [0.1, 0.15) is 35.4 Å². The van der Waals surface area contributed by atoms with E-state index in [1.54, 1.807) is 40.9 Å². The molecule has 2 N–H and O–H groups in total. The molecular weight excluding hydrogens is 670 g/mol. The van der Waals surface area contributed by atoms with Crippen molar-refractivity contribution in [3.05, 3.63) is 76.9 Å². The molecule has 1 spiro atoms. The van der Waals surface area contributed by atoms with Crippen molar-refractivity contribution < 1.29 is 48.1 Å². The van der Waals surface area contributed by atoms with E-state index < -0.39 is 77.8 Å². The molecule has 3 aliphatic heterocycles. The second kappa shape index (κ2) is 13.7. The maximum atomic E-state index is 14.7. The van der Waals surface area contributed by atoms with Crippen molar-refractivity contribution in [1.82, 2.24) is 15.3 Å². The molecule has 2 bridgehead atoms. The van der Waals surface area contributed by atoms with E-state index in [4.69, 9.17) is 23.8 Å². The molecule has 2 aliphatic carbocycles. The molecule has 7 atom stereocenters. The molecule has 2 aromatic carbocycles. The molecule has 2 aromatic rings. The smallest absolute Gasteiger partial charge is 0.327 e. The Kier molecular flexibility index (Phi) is 9.53. The number of hydroxylamine groups is 2. The fraction of sp³-hybridized carbons (Fsp3) is 0.538. The molecule has 5 aliphatic rings. The van der Waals surface area contributed by atoms with E-state index in [-0.39, 0.29) is 31.7 Å². The molecule has 278 valence electrons. The highest BCUT2D eigenvalue weighted by molar-refractivity contribution is 5.94. The van der Waals surface area contributed by atoms with Crippen LogP contribution in [0, 0.1) is 5.41 Å². The number of benzene rings is 2. The van der Waals surface area contributed by atoms with Crippen molar-refractivity contribution in [3.63, 3.8) is 0 Å². The van der Waals surface area contributed by atoms with Crippen LogP contribution in [-0.4, -0.2) is 107 Å². The zero-order chi connectivity index (χ0) is 37.0. The molecule has 3 saturated heterocycles. The van der Waals surface area contributed by atoms with Gasteiger partial charge in [0.15, 0.2) is 11.8 Å². The van der Waals surface area contributed by atoms with Gasteiger partial charge < -0.3 is 34.3 Å². The van der Waals surface area contributed by atoms with Crippen LogP contribution in [0.1, 0.15) is 62.3 Å². The SMILES string of the molecule is CN(C)C(=O)C=Cc1ccc(CN2O[C@@H]3[C@H]4OC5(Cc6ccccc6C5)O[C@H]4[C@H]4C[C@]3(C(=O)N[C@H](CO)CCC(=O)OC(C)(C)C)[C@@H]2C(=O)O4)cc1. The minimum Gasteiger partial charge on any atom is -0.460 e. The van der Waals surface area contributed by atoms with Crippen molar-refractivity contribution in [1.29, 1.82) is 0 Å². The third-order valence-corrected chi connectivity index (χ3v) is 10.6. The Morgan fingerprint density at radius 3 is 2.37 bits per heavy atom. The largest absolute Gasteiger partial charge is 0.460 e. The molecule has 3 heterocycles. The fourth-order valence-electron chi connectivity index (χ4n) is 8.20. The van der Waals surface area contributed by atoms with Crippen LogP contribution in [-0.2, 0) is 62.3 Å². The number of hydrogen-bond acceptors (Lipinski definition) is 11. The van der Waals surface area contributed by atoms with Crippen LogP contribution in [0.15, 0.2) is 54.6 Å². The van der Waals surface area contributed by atoms with E-state index in [1.807, 2.05) is 48.5 Å². The third-order valence-electron chi connectivity index (χ3n) is 10.6. The Bertz CT molecular complexity index is 1730.